The van der Waals surface area contributed by atoms with E-state index in [2.05, 4.69) is 24.3 Å². The number of rotatable bonds is 6. The minimum Gasteiger partial charge on any atom is -0.300 e. The Morgan fingerprint density at radius 3 is 2.00 bits per heavy atom. The molecule has 0 bridgehead atoms. The first-order chi connectivity index (χ1) is 12.5. The van der Waals surface area contributed by atoms with E-state index in [0.717, 1.165) is 29.5 Å². The maximum atomic E-state index is 13.4. The summed E-state index contributed by atoms with van der Waals surface area (Å²) >= 11 is 0. The molecule has 0 aromatic heterocycles. The standard InChI is InChI=1S/C23H26F2O/c1-2-23(24,25)16-15-17-3-5-18(6-4-17)19-7-9-20(10-8-19)21-11-13-22(26)14-12-21/h3-10,21H,2,11-16H2,1H3. The average Bonchev–Trinajstić information content (AvgIpc) is 2.68. The molecule has 2 aromatic rings. The molecule has 0 atom stereocenters. The van der Waals surface area contributed by atoms with Gasteiger partial charge in [-0.15, -0.1) is 0 Å². The molecule has 3 rings (SSSR count). The second kappa shape index (κ2) is 8.11. The molecule has 1 nitrogen and oxygen atoms in total. The van der Waals surface area contributed by atoms with Crippen molar-refractivity contribution in [1.82, 2.24) is 0 Å². The quantitative estimate of drug-likeness (QED) is 0.573. The van der Waals surface area contributed by atoms with Gasteiger partial charge >= 0.3 is 0 Å². The minimum absolute atomic E-state index is 0.0958. The molecule has 0 radical (unpaired) electrons. The number of hydrogen-bond acceptors (Lipinski definition) is 1. The zero-order chi connectivity index (χ0) is 18.6. The highest BCUT2D eigenvalue weighted by Crippen LogP contribution is 2.32. The Morgan fingerprint density at radius 2 is 1.46 bits per heavy atom. The molecule has 3 heteroatoms. The average molecular weight is 356 g/mol. The Balaban J connectivity index is 1.63. The Labute approximate surface area is 154 Å². The molecule has 0 heterocycles. The molecular weight excluding hydrogens is 330 g/mol. The summed E-state index contributed by atoms with van der Waals surface area (Å²) in [5, 5.41) is 0. The number of Topliss-reactive ketones (excluding diaryl/α,β-unsaturated/α-hetero) is 1. The topological polar surface area (TPSA) is 17.1 Å². The highest BCUT2D eigenvalue weighted by molar-refractivity contribution is 5.79. The molecule has 0 unspecified atom stereocenters. The Bertz CT molecular complexity index is 722. The van der Waals surface area contributed by atoms with E-state index in [1.165, 1.54) is 12.5 Å². The van der Waals surface area contributed by atoms with Crippen LogP contribution in [0.15, 0.2) is 48.5 Å². The van der Waals surface area contributed by atoms with E-state index >= 15 is 0 Å². The van der Waals surface area contributed by atoms with E-state index in [-0.39, 0.29) is 12.8 Å². The summed E-state index contributed by atoms with van der Waals surface area (Å²) < 4.78 is 26.8. The van der Waals surface area contributed by atoms with Crippen LogP contribution in [0.2, 0.25) is 0 Å². The van der Waals surface area contributed by atoms with Gasteiger partial charge in [0.2, 0.25) is 5.92 Å². The van der Waals surface area contributed by atoms with Crippen LogP contribution in [0.3, 0.4) is 0 Å². The molecule has 0 saturated heterocycles. The van der Waals surface area contributed by atoms with Gasteiger partial charge in [-0.1, -0.05) is 55.5 Å². The first-order valence-electron chi connectivity index (χ1n) is 9.55. The summed E-state index contributed by atoms with van der Waals surface area (Å²) in [4.78, 5) is 11.4. The third-order valence-electron chi connectivity index (χ3n) is 5.51. The largest absolute Gasteiger partial charge is 0.300 e. The van der Waals surface area contributed by atoms with Crippen molar-refractivity contribution in [3.8, 4) is 11.1 Å². The Morgan fingerprint density at radius 1 is 0.923 bits per heavy atom. The van der Waals surface area contributed by atoms with Gasteiger partial charge < -0.3 is 0 Å². The molecular formula is C23H26F2O. The second-order valence-electron chi connectivity index (χ2n) is 7.34. The maximum absolute atomic E-state index is 13.4. The third kappa shape index (κ3) is 4.78. The molecule has 0 N–H and O–H groups in total. The number of alkyl halides is 2. The van der Waals surface area contributed by atoms with Gasteiger partial charge in [-0.3, -0.25) is 4.79 Å². The predicted molar refractivity (Wildman–Crippen MR) is 102 cm³/mol. The van der Waals surface area contributed by atoms with Gasteiger partial charge in [0, 0.05) is 25.7 Å². The first-order valence-corrected chi connectivity index (χ1v) is 9.55. The fraction of sp³-hybridized carbons (Fsp3) is 0.435. The summed E-state index contributed by atoms with van der Waals surface area (Å²) in [6, 6.07) is 16.5. The van der Waals surface area contributed by atoms with E-state index in [1.54, 1.807) is 0 Å². The molecule has 1 aliphatic carbocycles. The maximum Gasteiger partial charge on any atom is 0.248 e. The van der Waals surface area contributed by atoms with E-state index in [1.807, 2.05) is 24.3 Å². The lowest BCUT2D eigenvalue weighted by atomic mass is 9.83. The van der Waals surface area contributed by atoms with E-state index in [4.69, 9.17) is 0 Å². The minimum atomic E-state index is -2.57. The summed E-state index contributed by atoms with van der Waals surface area (Å²) in [6.45, 7) is 1.53. The number of aryl methyl sites for hydroxylation is 1. The van der Waals surface area contributed by atoms with Crippen LogP contribution in [-0.4, -0.2) is 11.7 Å². The SMILES string of the molecule is CCC(F)(F)CCc1ccc(-c2ccc(C3CCC(=O)CC3)cc2)cc1. The number of halogens is 2. The van der Waals surface area contributed by atoms with Gasteiger partial charge in [0.1, 0.15) is 5.78 Å². The molecule has 0 aliphatic heterocycles. The summed E-state index contributed by atoms with van der Waals surface area (Å²) in [7, 11) is 0. The van der Waals surface area contributed by atoms with Crippen LogP contribution in [0.25, 0.3) is 11.1 Å². The molecule has 1 fully saturated rings. The Hall–Kier alpha value is -2.03. The van der Waals surface area contributed by atoms with Crippen LogP contribution < -0.4 is 0 Å². The lowest BCUT2D eigenvalue weighted by molar-refractivity contribution is -0.120. The van der Waals surface area contributed by atoms with Gasteiger partial charge in [0.15, 0.2) is 0 Å². The van der Waals surface area contributed by atoms with Crippen LogP contribution >= 0.6 is 0 Å². The van der Waals surface area contributed by atoms with Crippen molar-refractivity contribution in [2.24, 2.45) is 0 Å². The number of carbonyl (C=O) groups excluding carboxylic acids is 1. The zero-order valence-electron chi connectivity index (χ0n) is 15.3. The van der Waals surface area contributed by atoms with Gasteiger partial charge in [-0.25, -0.2) is 8.78 Å². The Kier molecular flexibility index (Phi) is 5.85. The fourth-order valence-corrected chi connectivity index (χ4v) is 3.59. The monoisotopic (exact) mass is 356 g/mol. The van der Waals surface area contributed by atoms with Gasteiger partial charge in [-0.2, -0.15) is 0 Å². The lowest BCUT2D eigenvalue weighted by Gasteiger charge is -2.21. The second-order valence-corrected chi connectivity index (χ2v) is 7.34. The smallest absolute Gasteiger partial charge is 0.248 e. The van der Waals surface area contributed by atoms with Crippen molar-refractivity contribution in [1.29, 1.82) is 0 Å². The van der Waals surface area contributed by atoms with Gasteiger partial charge in [0.05, 0.1) is 0 Å². The van der Waals surface area contributed by atoms with Crippen LogP contribution in [-0.2, 0) is 11.2 Å². The van der Waals surface area contributed by atoms with Crippen LogP contribution in [0.5, 0.6) is 0 Å². The van der Waals surface area contributed by atoms with Crippen molar-refractivity contribution < 1.29 is 13.6 Å². The summed E-state index contributed by atoms with van der Waals surface area (Å²) in [5.41, 5.74) is 4.48. The van der Waals surface area contributed by atoms with Crippen molar-refractivity contribution >= 4 is 5.78 Å². The third-order valence-corrected chi connectivity index (χ3v) is 5.51. The highest BCUT2D eigenvalue weighted by Gasteiger charge is 2.25. The zero-order valence-corrected chi connectivity index (χ0v) is 15.3. The van der Waals surface area contributed by atoms with Crippen molar-refractivity contribution in [2.45, 2.75) is 63.7 Å². The number of carbonyl (C=O) groups is 1. The molecule has 138 valence electrons. The summed E-state index contributed by atoms with van der Waals surface area (Å²) in [5.74, 6) is -1.70. The molecule has 1 aliphatic rings. The predicted octanol–water partition coefficient (Wildman–Crippen LogP) is 6.56. The number of ketones is 1. The fourth-order valence-electron chi connectivity index (χ4n) is 3.59. The van der Waals surface area contributed by atoms with Gasteiger partial charge in [-0.05, 0) is 47.4 Å². The van der Waals surface area contributed by atoms with E-state index < -0.39 is 5.92 Å². The lowest BCUT2D eigenvalue weighted by Crippen LogP contribution is -2.15. The van der Waals surface area contributed by atoms with Crippen molar-refractivity contribution in [3.63, 3.8) is 0 Å². The molecule has 1 saturated carbocycles. The normalized spacial score (nSPS) is 16.0. The highest BCUT2D eigenvalue weighted by atomic mass is 19.3. The molecule has 0 spiro atoms. The molecule has 0 amide bonds. The van der Waals surface area contributed by atoms with E-state index in [9.17, 15) is 13.6 Å². The molecule has 2 aromatic carbocycles. The first kappa shape index (κ1) is 18.8. The molecule has 26 heavy (non-hydrogen) atoms. The van der Waals surface area contributed by atoms with Gasteiger partial charge in [0.25, 0.3) is 0 Å². The van der Waals surface area contributed by atoms with Crippen LogP contribution in [0.1, 0.15) is 62.5 Å². The van der Waals surface area contributed by atoms with E-state index in [0.29, 0.717) is 31.0 Å². The van der Waals surface area contributed by atoms with Crippen molar-refractivity contribution in [2.75, 3.05) is 0 Å². The van der Waals surface area contributed by atoms with Crippen LogP contribution in [0.4, 0.5) is 8.78 Å². The number of benzene rings is 2. The van der Waals surface area contributed by atoms with Crippen molar-refractivity contribution in [3.05, 3.63) is 59.7 Å². The number of hydrogen-bond donors (Lipinski definition) is 0. The van der Waals surface area contributed by atoms with Crippen LogP contribution in [0, 0.1) is 0 Å². The summed E-state index contributed by atoms with van der Waals surface area (Å²) in [6.07, 6.45) is 3.51.